The van der Waals surface area contributed by atoms with Crippen LogP contribution in [0.25, 0.3) is 0 Å². The molecule has 0 fully saturated rings. The zero-order valence-corrected chi connectivity index (χ0v) is 18.3. The molecule has 1 aliphatic rings. The second-order valence-electron chi connectivity index (χ2n) is 5.86. The van der Waals surface area contributed by atoms with Crippen molar-refractivity contribution in [1.82, 2.24) is 9.96 Å². The Bertz CT molecular complexity index is 821. The number of carbonyl (C=O) groups is 1. The van der Waals surface area contributed by atoms with Crippen molar-refractivity contribution in [2.45, 2.75) is 25.8 Å². The van der Waals surface area contributed by atoms with Gasteiger partial charge in [-0.1, -0.05) is 31.2 Å². The van der Waals surface area contributed by atoms with E-state index in [9.17, 15) is 8.42 Å². The third-order valence-electron chi connectivity index (χ3n) is 3.97. The second-order valence-corrected chi connectivity index (χ2v) is 7.71. The highest BCUT2D eigenvalue weighted by Crippen LogP contribution is 2.29. The van der Waals surface area contributed by atoms with Crippen LogP contribution in [-0.2, 0) is 20.1 Å². The minimum absolute atomic E-state index is 0.124. The number of benzene rings is 1. The minimum Gasteiger partial charge on any atom is -0.372 e. The summed E-state index contributed by atoms with van der Waals surface area (Å²) >= 11 is 6.65. The van der Waals surface area contributed by atoms with Crippen molar-refractivity contribution in [3.05, 3.63) is 47.0 Å². The van der Waals surface area contributed by atoms with Gasteiger partial charge in [0.05, 0.1) is 18.5 Å². The van der Waals surface area contributed by atoms with Gasteiger partial charge in [0.15, 0.2) is 0 Å². The van der Waals surface area contributed by atoms with Gasteiger partial charge in [-0.25, -0.2) is 5.06 Å². The van der Waals surface area contributed by atoms with E-state index >= 15 is 0 Å². The van der Waals surface area contributed by atoms with E-state index in [2.05, 4.69) is 64.7 Å². The van der Waals surface area contributed by atoms with Crippen molar-refractivity contribution in [3.63, 3.8) is 0 Å². The van der Waals surface area contributed by atoms with Gasteiger partial charge in [0.1, 0.15) is 0 Å². The molecule has 1 aliphatic heterocycles. The Hall–Kier alpha value is -1.95. The summed E-state index contributed by atoms with van der Waals surface area (Å²) in [5.74, 6) is 1.09. The molecule has 1 aromatic rings. The molecule has 2 atom stereocenters. The van der Waals surface area contributed by atoms with Crippen LogP contribution in [0, 0.1) is 0 Å². The van der Waals surface area contributed by atoms with Gasteiger partial charge in [0, 0.05) is 19.2 Å². The monoisotopic (exact) mass is 444 g/mol. The zero-order valence-electron chi connectivity index (χ0n) is 15.9. The summed E-state index contributed by atoms with van der Waals surface area (Å²) in [5, 5.41) is 3.18. The molecule has 0 saturated heterocycles. The minimum atomic E-state index is -2.58. The number of thiocarbonyl (C=S) groups is 1. The van der Waals surface area contributed by atoms with Crippen molar-refractivity contribution in [2.24, 2.45) is 10.1 Å². The summed E-state index contributed by atoms with van der Waals surface area (Å²) in [4.78, 5) is 16.4. The number of hydroxylamine groups is 2. The van der Waals surface area contributed by atoms with Crippen molar-refractivity contribution >= 4 is 46.0 Å². The summed E-state index contributed by atoms with van der Waals surface area (Å²) in [7, 11) is -1.03. The number of hydrogen-bond donors (Lipinski definition) is 1. The van der Waals surface area contributed by atoms with E-state index in [1.807, 2.05) is 0 Å². The molecule has 0 aliphatic carbocycles. The number of nitrogens with two attached hydrogens (primary N) is 1. The van der Waals surface area contributed by atoms with E-state index in [1.54, 1.807) is 18.8 Å². The van der Waals surface area contributed by atoms with Gasteiger partial charge in [-0.2, -0.15) is 8.42 Å². The predicted octanol–water partition coefficient (Wildman–Crippen LogP) is 2.64. The Kier molecular flexibility index (Phi) is 10.8. The van der Waals surface area contributed by atoms with Crippen molar-refractivity contribution in [2.75, 3.05) is 19.5 Å². The van der Waals surface area contributed by atoms with Crippen LogP contribution in [0.2, 0.25) is 0 Å². The van der Waals surface area contributed by atoms with Crippen LogP contribution in [0.1, 0.15) is 36.9 Å². The molecule has 11 heteroatoms. The Labute approximate surface area is 176 Å². The summed E-state index contributed by atoms with van der Waals surface area (Å²) < 4.78 is 24.3. The van der Waals surface area contributed by atoms with Gasteiger partial charge in [-0.15, -0.1) is 16.1 Å². The predicted molar refractivity (Wildman–Crippen MR) is 115 cm³/mol. The van der Waals surface area contributed by atoms with Gasteiger partial charge >= 0.3 is 10.5 Å². The van der Waals surface area contributed by atoms with E-state index in [0.29, 0.717) is 12.6 Å². The van der Waals surface area contributed by atoms with Gasteiger partial charge in [-0.05, 0) is 35.7 Å². The molecule has 0 radical (unpaired) electrons. The first kappa shape index (κ1) is 24.1. The molecule has 1 amide bonds. The van der Waals surface area contributed by atoms with E-state index < -0.39 is 10.5 Å². The Morgan fingerprint density at radius 1 is 1.46 bits per heavy atom. The molecule has 1 aromatic carbocycles. The maximum atomic E-state index is 10.5. The number of carbonyl (C=O) groups excluding carboxylic acids is 1. The lowest BCUT2D eigenvalue weighted by Crippen LogP contribution is -2.25. The maximum absolute atomic E-state index is 10.5. The summed E-state index contributed by atoms with van der Waals surface area (Å²) in [6.07, 6.45) is 2.37. The molecular weight excluding hydrogens is 420 g/mol. The second kappa shape index (κ2) is 12.5. The highest BCUT2D eigenvalue weighted by atomic mass is 32.2. The molecule has 0 saturated carbocycles. The molecule has 0 bridgehead atoms. The number of thioether (sulfide) groups is 1. The van der Waals surface area contributed by atoms with Gasteiger partial charge in [0.25, 0.3) is 0 Å². The van der Waals surface area contributed by atoms with E-state index in [1.165, 1.54) is 10.6 Å². The Morgan fingerprint density at radius 2 is 2.11 bits per heavy atom. The first-order valence-electron chi connectivity index (χ1n) is 8.31. The average molecular weight is 445 g/mol. The molecule has 154 valence electrons. The summed E-state index contributed by atoms with van der Waals surface area (Å²) in [6.45, 7) is 4.61. The van der Waals surface area contributed by atoms with Crippen LogP contribution >= 0.6 is 24.0 Å². The number of amides is 1. The fourth-order valence-corrected chi connectivity index (χ4v) is 3.64. The lowest BCUT2D eigenvalue weighted by atomic mass is 9.97. The van der Waals surface area contributed by atoms with Crippen molar-refractivity contribution in [1.29, 1.82) is 0 Å². The number of rotatable bonds is 6. The molecule has 8 nitrogen and oxygen atoms in total. The highest BCUT2D eigenvalue weighted by Gasteiger charge is 2.17. The van der Waals surface area contributed by atoms with Gasteiger partial charge < -0.3 is 10.6 Å². The van der Waals surface area contributed by atoms with Crippen LogP contribution in [0.3, 0.4) is 0 Å². The first-order valence-corrected chi connectivity index (χ1v) is 10.8. The number of nitrogens with zero attached hydrogens (tertiary/aromatic N) is 3. The van der Waals surface area contributed by atoms with Gasteiger partial charge in [0.2, 0.25) is 11.5 Å². The van der Waals surface area contributed by atoms with Crippen LogP contribution in [0.15, 0.2) is 40.2 Å². The Balaban J connectivity index is 0.00000122. The van der Waals surface area contributed by atoms with Crippen LogP contribution < -0.4 is 5.73 Å². The van der Waals surface area contributed by atoms with E-state index in [-0.39, 0.29) is 17.4 Å². The molecular formula is C17H24N4O4S3. The smallest absolute Gasteiger partial charge is 0.318 e. The summed E-state index contributed by atoms with van der Waals surface area (Å²) in [6, 6.07) is 8.73. The molecule has 2 rings (SSSR count). The maximum Gasteiger partial charge on any atom is 0.318 e. The largest absolute Gasteiger partial charge is 0.372 e. The van der Waals surface area contributed by atoms with Crippen LogP contribution in [0.4, 0.5) is 0 Å². The van der Waals surface area contributed by atoms with Crippen molar-refractivity contribution < 1.29 is 18.0 Å². The molecule has 2 unspecified atom stereocenters. The zero-order chi connectivity index (χ0) is 21.1. The van der Waals surface area contributed by atoms with Gasteiger partial charge in [-0.3, -0.25) is 9.63 Å². The topological polar surface area (TPSA) is 105 Å². The SMILES string of the molecule is CC(CON(C)C(=S)N=S(=O)=O)c1cccc(C(C)N2C=CSC2)c1.NC=O. The fourth-order valence-electron chi connectivity index (χ4n) is 2.35. The molecule has 28 heavy (non-hydrogen) atoms. The molecule has 0 spiro atoms. The lowest BCUT2D eigenvalue weighted by molar-refractivity contribution is -0.106. The molecule has 1 heterocycles. The normalized spacial score (nSPS) is 14.5. The summed E-state index contributed by atoms with van der Waals surface area (Å²) in [5.41, 5.74) is 6.57. The van der Waals surface area contributed by atoms with Crippen molar-refractivity contribution in [3.8, 4) is 0 Å². The number of primary amides is 1. The highest BCUT2D eigenvalue weighted by molar-refractivity contribution is 8.02. The number of hydrogen-bond acceptors (Lipinski definition) is 7. The van der Waals surface area contributed by atoms with Crippen LogP contribution in [0.5, 0.6) is 0 Å². The van der Waals surface area contributed by atoms with E-state index in [0.717, 1.165) is 11.4 Å². The average Bonchev–Trinajstić information content (AvgIpc) is 3.20. The third-order valence-corrected chi connectivity index (χ3v) is 5.52. The molecule has 2 N–H and O–H groups in total. The lowest BCUT2D eigenvalue weighted by Gasteiger charge is -2.25. The fraction of sp³-hybridized carbons (Fsp3) is 0.412. The van der Waals surface area contributed by atoms with Crippen LogP contribution in [-0.4, -0.2) is 49.4 Å². The Morgan fingerprint density at radius 3 is 2.68 bits per heavy atom. The standard InChI is InChI=1S/C16H21N3O3S3.CH3NO/c1-12(10-22-18(3)16(23)17-25(20)21)14-5-4-6-15(9-14)13(2)19-7-8-24-11-19;2-1-3/h4-9,12-13H,10-11H2,1-3H3;1H,(H2,2,3). The quantitative estimate of drug-likeness (QED) is 0.406. The first-order chi connectivity index (χ1) is 13.3. The van der Waals surface area contributed by atoms with E-state index in [4.69, 9.17) is 21.8 Å². The molecule has 0 aromatic heterocycles. The third kappa shape index (κ3) is 7.97.